The molecule has 0 amide bonds. The van der Waals surface area contributed by atoms with Gasteiger partial charge in [0, 0.05) is 5.56 Å². The van der Waals surface area contributed by atoms with Crippen molar-refractivity contribution >= 4 is 0 Å². The van der Waals surface area contributed by atoms with Crippen molar-refractivity contribution < 1.29 is 18.3 Å². The Bertz CT molecular complexity index is 413. The number of ether oxygens (including phenoxy) is 2. The summed E-state index contributed by atoms with van der Waals surface area (Å²) in [6, 6.07) is 2.76. The largest absolute Gasteiger partial charge is 0.492 e. The third-order valence-electron chi connectivity index (χ3n) is 1.89. The average molecular weight is 213 g/mol. The van der Waals surface area contributed by atoms with Gasteiger partial charge in [-0.2, -0.15) is 9.65 Å². The van der Waals surface area contributed by atoms with Crippen LogP contribution in [0.15, 0.2) is 6.07 Å². The molecule has 0 aliphatic carbocycles. The van der Waals surface area contributed by atoms with Gasteiger partial charge in [0.05, 0.1) is 26.7 Å². The lowest BCUT2D eigenvalue weighted by Crippen LogP contribution is -2.01. The Balaban J connectivity index is 3.41. The van der Waals surface area contributed by atoms with E-state index >= 15 is 0 Å². The highest BCUT2D eigenvalue weighted by Crippen LogP contribution is 2.35. The molecule has 0 atom stereocenters. The maximum Gasteiger partial charge on any atom is 0.204 e. The third kappa shape index (κ3) is 1.99. The van der Waals surface area contributed by atoms with Gasteiger partial charge < -0.3 is 9.47 Å². The molecule has 0 spiro atoms. The van der Waals surface area contributed by atoms with Crippen molar-refractivity contribution in [1.29, 1.82) is 5.26 Å². The molecule has 1 rings (SSSR count). The molecule has 80 valence electrons. The van der Waals surface area contributed by atoms with E-state index in [4.69, 9.17) is 10.00 Å². The minimum absolute atomic E-state index is 0.0537. The number of nitrogens with zero attached hydrogens (tertiary/aromatic N) is 1. The third-order valence-corrected chi connectivity index (χ3v) is 1.89. The van der Waals surface area contributed by atoms with Crippen molar-refractivity contribution in [2.45, 2.75) is 6.42 Å². The minimum atomic E-state index is -1.11. The molecule has 15 heavy (non-hydrogen) atoms. The Hall–Kier alpha value is -1.83. The van der Waals surface area contributed by atoms with Crippen LogP contribution in [0.5, 0.6) is 11.5 Å². The molecule has 0 aliphatic rings. The molecule has 0 heterocycles. The standard InChI is InChI=1S/C10H9F2NO2/c1-14-9-6(3-4-13)5-7(11)8(12)10(9)15-2/h5H,3H2,1-2H3. The van der Waals surface area contributed by atoms with Crippen LogP contribution in [-0.2, 0) is 6.42 Å². The molecule has 0 aliphatic heterocycles. The summed E-state index contributed by atoms with van der Waals surface area (Å²) in [5.41, 5.74) is 0.260. The molecule has 0 unspecified atom stereocenters. The Morgan fingerprint density at radius 3 is 2.33 bits per heavy atom. The van der Waals surface area contributed by atoms with Crippen molar-refractivity contribution in [2.75, 3.05) is 14.2 Å². The molecule has 0 aromatic heterocycles. The zero-order chi connectivity index (χ0) is 11.4. The summed E-state index contributed by atoms with van der Waals surface area (Å²) in [5, 5.41) is 8.50. The van der Waals surface area contributed by atoms with Crippen LogP contribution in [0.3, 0.4) is 0 Å². The van der Waals surface area contributed by atoms with Gasteiger partial charge in [0.25, 0.3) is 0 Å². The summed E-state index contributed by atoms with van der Waals surface area (Å²) in [5.74, 6) is -2.44. The predicted molar refractivity (Wildman–Crippen MR) is 48.8 cm³/mol. The number of benzene rings is 1. The summed E-state index contributed by atoms with van der Waals surface area (Å²) in [6.07, 6.45) is -0.0727. The van der Waals surface area contributed by atoms with Gasteiger partial charge in [-0.3, -0.25) is 0 Å². The van der Waals surface area contributed by atoms with Crippen molar-refractivity contribution in [1.82, 2.24) is 0 Å². The lowest BCUT2D eigenvalue weighted by molar-refractivity contribution is 0.326. The quantitative estimate of drug-likeness (QED) is 0.771. The highest BCUT2D eigenvalue weighted by atomic mass is 19.2. The fourth-order valence-electron chi connectivity index (χ4n) is 1.26. The summed E-state index contributed by atoms with van der Waals surface area (Å²) >= 11 is 0. The van der Waals surface area contributed by atoms with E-state index in [9.17, 15) is 8.78 Å². The molecule has 0 saturated carbocycles. The monoisotopic (exact) mass is 213 g/mol. The van der Waals surface area contributed by atoms with Crippen LogP contribution < -0.4 is 9.47 Å². The van der Waals surface area contributed by atoms with Crippen molar-refractivity contribution in [2.24, 2.45) is 0 Å². The van der Waals surface area contributed by atoms with E-state index in [1.54, 1.807) is 0 Å². The molecule has 0 bridgehead atoms. The second-order valence-corrected chi connectivity index (χ2v) is 2.73. The van der Waals surface area contributed by atoms with Crippen LogP contribution in [-0.4, -0.2) is 14.2 Å². The van der Waals surface area contributed by atoms with E-state index in [1.807, 2.05) is 6.07 Å². The Kier molecular flexibility index (Phi) is 3.45. The second-order valence-electron chi connectivity index (χ2n) is 2.73. The Morgan fingerprint density at radius 1 is 1.27 bits per heavy atom. The molecule has 5 heteroatoms. The number of hydrogen-bond acceptors (Lipinski definition) is 3. The number of halogens is 2. The average Bonchev–Trinajstić information content (AvgIpc) is 2.23. The second kappa shape index (κ2) is 4.60. The smallest absolute Gasteiger partial charge is 0.204 e. The van der Waals surface area contributed by atoms with Crippen LogP contribution in [0.25, 0.3) is 0 Å². The van der Waals surface area contributed by atoms with E-state index in [-0.39, 0.29) is 23.5 Å². The molecular weight excluding hydrogens is 204 g/mol. The maximum absolute atomic E-state index is 13.2. The van der Waals surface area contributed by atoms with Gasteiger partial charge in [0.1, 0.15) is 0 Å². The first-order chi connectivity index (χ1) is 7.15. The van der Waals surface area contributed by atoms with E-state index in [2.05, 4.69) is 4.74 Å². The molecule has 0 saturated heterocycles. The molecular formula is C10H9F2NO2. The van der Waals surface area contributed by atoms with Crippen molar-refractivity contribution in [3.05, 3.63) is 23.3 Å². The number of hydrogen-bond donors (Lipinski definition) is 0. The van der Waals surface area contributed by atoms with Crippen LogP contribution in [0.2, 0.25) is 0 Å². The molecule has 3 nitrogen and oxygen atoms in total. The molecule has 0 N–H and O–H groups in total. The topological polar surface area (TPSA) is 42.2 Å². The van der Waals surface area contributed by atoms with E-state index < -0.39 is 11.6 Å². The fourth-order valence-corrected chi connectivity index (χ4v) is 1.26. The summed E-state index contributed by atoms with van der Waals surface area (Å²) in [4.78, 5) is 0. The van der Waals surface area contributed by atoms with Gasteiger partial charge >= 0.3 is 0 Å². The number of nitriles is 1. The first kappa shape index (κ1) is 11.2. The lowest BCUT2D eigenvalue weighted by Gasteiger charge is -2.12. The van der Waals surface area contributed by atoms with Gasteiger partial charge in [-0.1, -0.05) is 0 Å². The maximum atomic E-state index is 13.2. The zero-order valence-corrected chi connectivity index (χ0v) is 8.30. The van der Waals surface area contributed by atoms with E-state index in [0.717, 1.165) is 6.07 Å². The van der Waals surface area contributed by atoms with Gasteiger partial charge in [-0.05, 0) is 6.07 Å². The fraction of sp³-hybridized carbons (Fsp3) is 0.300. The van der Waals surface area contributed by atoms with Crippen LogP contribution >= 0.6 is 0 Å². The lowest BCUT2D eigenvalue weighted by atomic mass is 10.1. The minimum Gasteiger partial charge on any atom is -0.492 e. The van der Waals surface area contributed by atoms with Gasteiger partial charge in [-0.15, -0.1) is 0 Å². The molecule has 1 aromatic carbocycles. The zero-order valence-electron chi connectivity index (χ0n) is 8.30. The van der Waals surface area contributed by atoms with Gasteiger partial charge in [-0.25, -0.2) is 4.39 Å². The van der Waals surface area contributed by atoms with Crippen molar-refractivity contribution in [3.63, 3.8) is 0 Å². The summed E-state index contributed by atoms with van der Waals surface area (Å²) in [7, 11) is 2.51. The molecule has 1 aromatic rings. The van der Waals surface area contributed by atoms with E-state index in [1.165, 1.54) is 14.2 Å². The first-order valence-electron chi connectivity index (χ1n) is 4.11. The Labute approximate surface area is 85.8 Å². The van der Waals surface area contributed by atoms with Crippen LogP contribution in [0, 0.1) is 23.0 Å². The molecule has 0 fully saturated rings. The summed E-state index contributed by atoms with van der Waals surface area (Å²) < 4.78 is 35.8. The first-order valence-corrected chi connectivity index (χ1v) is 4.11. The normalized spacial score (nSPS) is 9.53. The Morgan fingerprint density at radius 2 is 1.87 bits per heavy atom. The highest BCUT2D eigenvalue weighted by Gasteiger charge is 2.19. The number of rotatable bonds is 3. The van der Waals surface area contributed by atoms with Gasteiger partial charge in [0.2, 0.25) is 5.82 Å². The van der Waals surface area contributed by atoms with E-state index in [0.29, 0.717) is 0 Å². The predicted octanol–water partition coefficient (Wildman–Crippen LogP) is 2.05. The van der Waals surface area contributed by atoms with Crippen LogP contribution in [0.1, 0.15) is 5.56 Å². The van der Waals surface area contributed by atoms with Gasteiger partial charge in [0.15, 0.2) is 17.3 Å². The van der Waals surface area contributed by atoms with Crippen LogP contribution in [0.4, 0.5) is 8.78 Å². The van der Waals surface area contributed by atoms with Crippen molar-refractivity contribution in [3.8, 4) is 17.6 Å². The molecule has 0 radical (unpaired) electrons. The SMILES string of the molecule is COc1c(CC#N)cc(F)c(F)c1OC. The summed E-state index contributed by atoms with van der Waals surface area (Å²) in [6.45, 7) is 0. The number of methoxy groups -OCH3 is 2. The highest BCUT2D eigenvalue weighted by molar-refractivity contribution is 5.49.